The van der Waals surface area contributed by atoms with E-state index in [-0.39, 0.29) is 11.3 Å². The third-order valence-electron chi connectivity index (χ3n) is 3.50. The monoisotopic (exact) mass is 404 g/mol. The van der Waals surface area contributed by atoms with Gasteiger partial charge in [-0.25, -0.2) is 0 Å². The van der Waals surface area contributed by atoms with E-state index in [1.807, 2.05) is 10.9 Å². The average molecular weight is 405 g/mol. The lowest BCUT2D eigenvalue weighted by molar-refractivity contribution is -0.145. The number of hydrogen-bond acceptors (Lipinski definition) is 4. The maximum Gasteiger partial charge on any atom is 0.433 e. The summed E-state index contributed by atoms with van der Waals surface area (Å²) in [6.07, 6.45) is -4.00. The van der Waals surface area contributed by atoms with E-state index in [9.17, 15) is 22.8 Å². The normalized spacial score (nSPS) is 11.4. The lowest BCUT2D eigenvalue weighted by atomic mass is 10.2. The van der Waals surface area contributed by atoms with E-state index in [1.54, 1.807) is 0 Å². The summed E-state index contributed by atoms with van der Waals surface area (Å²) < 4.78 is 45.6. The first-order chi connectivity index (χ1) is 12.6. The average Bonchev–Trinajstić information content (AvgIpc) is 3.05. The van der Waals surface area contributed by atoms with Crippen molar-refractivity contribution in [3.63, 3.8) is 0 Å². The predicted molar refractivity (Wildman–Crippen MR) is 90.6 cm³/mol. The summed E-state index contributed by atoms with van der Waals surface area (Å²) in [5.41, 5.74) is 2.12. The topological polar surface area (TPSA) is 85.2 Å². The quantitative estimate of drug-likeness (QED) is 0.766. The zero-order valence-electron chi connectivity index (χ0n) is 14.5. The van der Waals surface area contributed by atoms with E-state index in [1.165, 1.54) is 39.2 Å². The van der Waals surface area contributed by atoms with E-state index in [0.29, 0.717) is 9.70 Å². The zero-order chi connectivity index (χ0) is 20.4. The largest absolute Gasteiger partial charge is 0.496 e. The smallest absolute Gasteiger partial charge is 0.433 e. The van der Waals surface area contributed by atoms with Crippen molar-refractivity contribution in [2.24, 2.45) is 0 Å². The van der Waals surface area contributed by atoms with Crippen molar-refractivity contribution in [2.45, 2.75) is 26.1 Å². The minimum Gasteiger partial charge on any atom is -0.496 e. The summed E-state index contributed by atoms with van der Waals surface area (Å²) in [6.45, 7) is 3.00. The van der Waals surface area contributed by atoms with E-state index in [2.05, 4.69) is 5.10 Å². The number of methoxy groups -OCH3 is 1. The molecule has 0 aliphatic heterocycles. The highest BCUT2D eigenvalue weighted by atomic mass is 35.5. The second-order valence-corrected chi connectivity index (χ2v) is 6.13. The lowest BCUT2D eigenvalue weighted by Gasteiger charge is -2.15. The lowest BCUT2D eigenvalue weighted by Crippen LogP contribution is -2.42. The number of benzene rings is 1. The molecule has 0 radical (unpaired) electrons. The fraction of sp³-hybridized carbons (Fsp3) is 0.312. The Morgan fingerprint density at radius 2 is 1.78 bits per heavy atom. The summed E-state index contributed by atoms with van der Waals surface area (Å²) in [4.78, 5) is 24.3. The number of ether oxygens (including phenoxy) is 1. The Morgan fingerprint density at radius 1 is 1.19 bits per heavy atom. The minimum absolute atomic E-state index is 0.0381. The highest BCUT2D eigenvalue weighted by Crippen LogP contribution is 2.33. The fourth-order valence-electron chi connectivity index (χ4n) is 2.30. The van der Waals surface area contributed by atoms with Crippen LogP contribution in [0.1, 0.15) is 46.3 Å². The third kappa shape index (κ3) is 4.51. The second kappa shape index (κ2) is 7.87. The molecule has 146 valence electrons. The van der Waals surface area contributed by atoms with Crippen molar-refractivity contribution in [1.82, 2.24) is 20.6 Å². The first kappa shape index (κ1) is 20.6. The number of amides is 2. The van der Waals surface area contributed by atoms with Crippen LogP contribution in [-0.4, -0.2) is 28.7 Å². The number of alkyl halides is 3. The van der Waals surface area contributed by atoms with Crippen LogP contribution in [0.25, 0.3) is 0 Å². The Kier molecular flexibility index (Phi) is 5.99. The molecule has 0 atom stereocenters. The van der Waals surface area contributed by atoms with Crippen LogP contribution in [0.4, 0.5) is 13.2 Å². The molecule has 11 heteroatoms. The van der Waals surface area contributed by atoms with Gasteiger partial charge in [-0.2, -0.15) is 18.3 Å². The summed E-state index contributed by atoms with van der Waals surface area (Å²) in [7, 11) is 1.32. The number of carbonyl (C=O) groups excluding carboxylic acids is 2. The van der Waals surface area contributed by atoms with Crippen LogP contribution in [0.2, 0.25) is 5.02 Å². The van der Waals surface area contributed by atoms with Gasteiger partial charge in [0.25, 0.3) is 11.8 Å². The molecular weight excluding hydrogens is 389 g/mol. The molecule has 0 saturated heterocycles. The van der Waals surface area contributed by atoms with Crippen molar-refractivity contribution < 1.29 is 27.5 Å². The molecule has 0 spiro atoms. The SMILES string of the molecule is COc1cc(Cl)ccc1C(=O)NNC(=O)c1cnn(C(C)C)c1C(F)(F)F. The van der Waals surface area contributed by atoms with Gasteiger partial charge in [-0.15, -0.1) is 0 Å². The third-order valence-corrected chi connectivity index (χ3v) is 3.73. The molecule has 2 N–H and O–H groups in total. The van der Waals surface area contributed by atoms with Gasteiger partial charge in [0.1, 0.15) is 5.75 Å². The van der Waals surface area contributed by atoms with Gasteiger partial charge in [0.15, 0.2) is 5.69 Å². The molecule has 0 aliphatic carbocycles. The molecule has 7 nitrogen and oxygen atoms in total. The van der Waals surface area contributed by atoms with Crippen LogP contribution >= 0.6 is 11.6 Å². The van der Waals surface area contributed by atoms with Crippen LogP contribution in [-0.2, 0) is 6.18 Å². The Labute approximate surface area is 157 Å². The van der Waals surface area contributed by atoms with Crippen molar-refractivity contribution >= 4 is 23.4 Å². The molecule has 27 heavy (non-hydrogen) atoms. The number of carbonyl (C=O) groups is 2. The molecule has 2 amide bonds. The number of hydrazine groups is 1. The fourth-order valence-corrected chi connectivity index (χ4v) is 2.47. The molecule has 1 aromatic carbocycles. The Bertz CT molecular complexity index is 865. The molecule has 2 rings (SSSR count). The van der Waals surface area contributed by atoms with E-state index in [4.69, 9.17) is 16.3 Å². The Morgan fingerprint density at radius 3 is 2.30 bits per heavy atom. The Hall–Kier alpha value is -2.75. The molecule has 2 aromatic rings. The number of nitrogens with one attached hydrogen (secondary N) is 2. The van der Waals surface area contributed by atoms with Crippen LogP contribution in [0.5, 0.6) is 5.75 Å². The van der Waals surface area contributed by atoms with Crippen molar-refractivity contribution in [3.8, 4) is 5.75 Å². The number of nitrogens with zero attached hydrogens (tertiary/aromatic N) is 2. The highest BCUT2D eigenvalue weighted by Gasteiger charge is 2.40. The molecular formula is C16H16ClF3N4O3. The summed E-state index contributed by atoms with van der Waals surface area (Å²) in [5.74, 6) is -1.81. The van der Waals surface area contributed by atoms with Gasteiger partial charge in [-0.05, 0) is 32.0 Å². The maximum absolute atomic E-state index is 13.3. The molecule has 0 bridgehead atoms. The second-order valence-electron chi connectivity index (χ2n) is 5.70. The van der Waals surface area contributed by atoms with Gasteiger partial charge in [0, 0.05) is 11.1 Å². The molecule has 0 fully saturated rings. The molecule has 1 aromatic heterocycles. The molecule has 1 heterocycles. The molecule has 0 unspecified atom stereocenters. The minimum atomic E-state index is -4.79. The maximum atomic E-state index is 13.3. The van der Waals surface area contributed by atoms with Crippen molar-refractivity contribution in [2.75, 3.05) is 7.11 Å². The van der Waals surface area contributed by atoms with Crippen LogP contribution in [0, 0.1) is 0 Å². The first-order valence-corrected chi connectivity index (χ1v) is 8.03. The van der Waals surface area contributed by atoms with Crippen LogP contribution in [0.3, 0.4) is 0 Å². The zero-order valence-corrected chi connectivity index (χ0v) is 15.3. The number of rotatable bonds is 4. The molecule has 0 saturated carbocycles. The summed E-state index contributed by atoms with van der Waals surface area (Å²) in [6, 6.07) is 3.54. The van der Waals surface area contributed by atoms with Gasteiger partial charge in [-0.1, -0.05) is 11.6 Å². The molecule has 0 aliphatic rings. The summed E-state index contributed by atoms with van der Waals surface area (Å²) >= 11 is 5.80. The highest BCUT2D eigenvalue weighted by molar-refractivity contribution is 6.30. The van der Waals surface area contributed by atoms with Crippen molar-refractivity contribution in [1.29, 1.82) is 0 Å². The van der Waals surface area contributed by atoms with Crippen molar-refractivity contribution in [3.05, 3.63) is 46.2 Å². The van der Waals surface area contributed by atoms with E-state index in [0.717, 1.165) is 6.20 Å². The van der Waals surface area contributed by atoms with Gasteiger partial charge >= 0.3 is 6.18 Å². The summed E-state index contributed by atoms with van der Waals surface area (Å²) in [5, 5.41) is 3.94. The number of aromatic nitrogens is 2. The van der Waals surface area contributed by atoms with Crippen LogP contribution in [0.15, 0.2) is 24.4 Å². The van der Waals surface area contributed by atoms with Gasteiger partial charge < -0.3 is 4.74 Å². The van der Waals surface area contributed by atoms with Gasteiger partial charge in [0.05, 0.1) is 24.4 Å². The van der Waals surface area contributed by atoms with E-state index < -0.39 is 35.3 Å². The number of hydrogen-bond donors (Lipinski definition) is 2. The predicted octanol–water partition coefficient (Wildman–Crippen LogP) is 3.22. The first-order valence-electron chi connectivity index (χ1n) is 7.65. The van der Waals surface area contributed by atoms with Gasteiger partial charge in [0.2, 0.25) is 0 Å². The van der Waals surface area contributed by atoms with Gasteiger partial charge in [-0.3, -0.25) is 25.1 Å². The Balaban J connectivity index is 2.21. The standard InChI is InChI=1S/C16H16ClF3N4O3/c1-8(2)24-13(16(18,19)20)11(7-21-24)15(26)23-22-14(25)10-5-4-9(17)6-12(10)27-3/h4-8H,1-3H3,(H,22,25)(H,23,26). The van der Waals surface area contributed by atoms with E-state index >= 15 is 0 Å². The number of halogens is 4. The van der Waals surface area contributed by atoms with Crippen LogP contribution < -0.4 is 15.6 Å².